The van der Waals surface area contributed by atoms with Gasteiger partial charge >= 0.3 is 0 Å². The van der Waals surface area contributed by atoms with Crippen LogP contribution >= 0.6 is 0 Å². The monoisotopic (exact) mass is 283 g/mol. The first-order chi connectivity index (χ1) is 9.13. The molecule has 1 aliphatic rings. The number of benzene rings is 1. The molecule has 0 saturated heterocycles. The highest BCUT2D eigenvalue weighted by Gasteiger charge is 2.29. The summed E-state index contributed by atoms with van der Waals surface area (Å²) >= 11 is 0. The average Bonchev–Trinajstić information content (AvgIpc) is 2.42. The number of rotatable bonds is 5. The van der Waals surface area contributed by atoms with Crippen LogP contribution in [0.15, 0.2) is 35.2 Å². The molecule has 0 radical (unpaired) electrons. The van der Waals surface area contributed by atoms with E-state index in [9.17, 15) is 8.42 Å². The van der Waals surface area contributed by atoms with Crippen molar-refractivity contribution in [1.82, 2.24) is 4.72 Å². The van der Waals surface area contributed by atoms with Crippen LogP contribution in [0, 0.1) is 0 Å². The summed E-state index contributed by atoms with van der Waals surface area (Å²) < 4.78 is 33.0. The molecule has 1 aromatic carbocycles. The fourth-order valence-electron chi connectivity index (χ4n) is 2.51. The van der Waals surface area contributed by atoms with Crippen LogP contribution in [0.25, 0.3) is 0 Å². The molecule has 0 heterocycles. The van der Waals surface area contributed by atoms with Crippen molar-refractivity contribution in [2.24, 2.45) is 0 Å². The number of nitrogens with one attached hydrogen (secondary N) is 1. The first-order valence-electron chi connectivity index (χ1n) is 6.82. The van der Waals surface area contributed by atoms with E-state index in [0.29, 0.717) is 11.5 Å². The molecule has 0 aliphatic heterocycles. The fourth-order valence-corrected chi connectivity index (χ4v) is 3.83. The zero-order valence-electron chi connectivity index (χ0n) is 11.2. The zero-order valence-corrected chi connectivity index (χ0v) is 12.0. The fraction of sp³-hybridized carbons (Fsp3) is 0.571. The van der Waals surface area contributed by atoms with Crippen LogP contribution in [0.4, 0.5) is 0 Å². The first-order valence-corrected chi connectivity index (χ1v) is 8.31. The Labute approximate surface area is 115 Å². The minimum absolute atomic E-state index is 0.00256. The van der Waals surface area contributed by atoms with Gasteiger partial charge in [-0.1, -0.05) is 31.0 Å². The number of hydrogen-bond donors (Lipinski definition) is 1. The van der Waals surface area contributed by atoms with Gasteiger partial charge in [0.25, 0.3) is 0 Å². The second kappa shape index (κ2) is 6.50. The van der Waals surface area contributed by atoms with E-state index in [1.54, 1.807) is 24.3 Å². The van der Waals surface area contributed by atoms with Crippen molar-refractivity contribution < 1.29 is 13.2 Å². The summed E-state index contributed by atoms with van der Waals surface area (Å²) in [6.07, 6.45) is 3.92. The van der Waals surface area contributed by atoms with Crippen LogP contribution in [0.1, 0.15) is 32.6 Å². The lowest BCUT2D eigenvalue weighted by Gasteiger charge is -2.31. The first kappa shape index (κ1) is 14.5. The molecule has 2 atom stereocenters. The van der Waals surface area contributed by atoms with E-state index in [1.807, 2.05) is 13.0 Å². The van der Waals surface area contributed by atoms with Crippen LogP contribution in [-0.2, 0) is 14.8 Å². The quantitative estimate of drug-likeness (QED) is 0.902. The molecule has 4 nitrogen and oxygen atoms in total. The van der Waals surface area contributed by atoms with Gasteiger partial charge in [-0.3, -0.25) is 0 Å². The SMILES string of the molecule is CCO[C@H]1CCCC[C@@H]1NS(=O)(=O)c1ccccc1. The van der Waals surface area contributed by atoms with Crippen molar-refractivity contribution in [3.8, 4) is 0 Å². The van der Waals surface area contributed by atoms with Crippen molar-refractivity contribution in [2.45, 2.75) is 49.6 Å². The normalized spacial score (nSPS) is 24.3. The Morgan fingerprint density at radius 1 is 1.21 bits per heavy atom. The Hall–Kier alpha value is -0.910. The Kier molecular flexibility index (Phi) is 4.96. The molecule has 0 aromatic heterocycles. The molecular formula is C14H21NO3S. The van der Waals surface area contributed by atoms with Gasteiger partial charge in [0, 0.05) is 12.6 Å². The molecule has 1 aromatic rings. The standard InChI is InChI=1S/C14H21NO3S/c1-2-18-14-11-7-6-10-13(14)15-19(16,17)12-8-4-3-5-9-12/h3-5,8-9,13-15H,2,6-7,10-11H2,1H3/t13-,14-/m0/s1. The second-order valence-electron chi connectivity index (χ2n) is 4.82. The van der Waals surface area contributed by atoms with Crippen LogP contribution in [-0.4, -0.2) is 27.2 Å². The summed E-state index contributed by atoms with van der Waals surface area (Å²) in [6, 6.07) is 8.38. The van der Waals surface area contributed by atoms with E-state index < -0.39 is 10.0 Å². The molecule has 5 heteroatoms. The molecule has 19 heavy (non-hydrogen) atoms. The molecular weight excluding hydrogens is 262 g/mol. The minimum atomic E-state index is -3.44. The summed E-state index contributed by atoms with van der Waals surface area (Å²) in [5.41, 5.74) is 0. The van der Waals surface area contributed by atoms with Crippen LogP contribution in [0.3, 0.4) is 0 Å². The zero-order chi connectivity index (χ0) is 13.7. The molecule has 0 spiro atoms. The second-order valence-corrected chi connectivity index (χ2v) is 6.53. The highest BCUT2D eigenvalue weighted by molar-refractivity contribution is 7.89. The summed E-state index contributed by atoms with van der Waals surface area (Å²) in [4.78, 5) is 0.316. The largest absolute Gasteiger partial charge is 0.377 e. The molecule has 1 fully saturated rings. The number of ether oxygens (including phenoxy) is 1. The summed E-state index contributed by atoms with van der Waals surface area (Å²) in [7, 11) is -3.44. The van der Waals surface area contributed by atoms with Crippen molar-refractivity contribution in [3.63, 3.8) is 0 Å². The van der Waals surface area contributed by atoms with Crippen molar-refractivity contribution in [2.75, 3.05) is 6.61 Å². The Morgan fingerprint density at radius 2 is 1.89 bits per heavy atom. The molecule has 0 amide bonds. The van der Waals surface area contributed by atoms with E-state index in [2.05, 4.69) is 4.72 Å². The molecule has 2 rings (SSSR count). The Balaban J connectivity index is 2.10. The Bertz CT molecular complexity index is 485. The molecule has 1 aliphatic carbocycles. The van der Waals surface area contributed by atoms with Gasteiger partial charge in [-0.25, -0.2) is 13.1 Å². The van der Waals surface area contributed by atoms with Gasteiger partial charge in [-0.05, 0) is 31.9 Å². The number of hydrogen-bond acceptors (Lipinski definition) is 3. The summed E-state index contributed by atoms with van der Waals surface area (Å²) in [5, 5.41) is 0. The van der Waals surface area contributed by atoms with Gasteiger partial charge in [0.1, 0.15) is 0 Å². The highest BCUT2D eigenvalue weighted by atomic mass is 32.2. The van der Waals surface area contributed by atoms with E-state index in [1.165, 1.54) is 0 Å². The van der Waals surface area contributed by atoms with Gasteiger partial charge < -0.3 is 4.74 Å². The predicted octanol–water partition coefficient (Wildman–Crippen LogP) is 2.31. The Morgan fingerprint density at radius 3 is 2.58 bits per heavy atom. The van der Waals surface area contributed by atoms with E-state index in [-0.39, 0.29) is 12.1 Å². The molecule has 1 N–H and O–H groups in total. The third-order valence-electron chi connectivity index (χ3n) is 3.44. The van der Waals surface area contributed by atoms with Crippen LogP contribution in [0.2, 0.25) is 0 Å². The maximum absolute atomic E-state index is 12.3. The van der Waals surface area contributed by atoms with Gasteiger partial charge in [-0.2, -0.15) is 0 Å². The van der Waals surface area contributed by atoms with Crippen molar-refractivity contribution in [3.05, 3.63) is 30.3 Å². The van der Waals surface area contributed by atoms with E-state index in [4.69, 9.17) is 4.74 Å². The predicted molar refractivity (Wildman–Crippen MR) is 74.4 cm³/mol. The van der Waals surface area contributed by atoms with Crippen molar-refractivity contribution in [1.29, 1.82) is 0 Å². The van der Waals surface area contributed by atoms with Crippen LogP contribution < -0.4 is 4.72 Å². The van der Waals surface area contributed by atoms with Gasteiger partial charge in [-0.15, -0.1) is 0 Å². The topological polar surface area (TPSA) is 55.4 Å². The summed E-state index contributed by atoms with van der Waals surface area (Å²) in [5.74, 6) is 0. The molecule has 1 saturated carbocycles. The lowest BCUT2D eigenvalue weighted by Crippen LogP contribution is -2.46. The average molecular weight is 283 g/mol. The van der Waals surface area contributed by atoms with Gasteiger partial charge in [0.2, 0.25) is 10.0 Å². The third-order valence-corrected chi connectivity index (χ3v) is 4.95. The van der Waals surface area contributed by atoms with Gasteiger partial charge in [0.15, 0.2) is 0 Å². The number of sulfonamides is 1. The smallest absolute Gasteiger partial charge is 0.240 e. The molecule has 0 unspecified atom stereocenters. The van der Waals surface area contributed by atoms with E-state index in [0.717, 1.165) is 25.7 Å². The summed E-state index contributed by atoms with van der Waals surface area (Å²) in [6.45, 7) is 2.56. The van der Waals surface area contributed by atoms with Crippen LogP contribution in [0.5, 0.6) is 0 Å². The lowest BCUT2D eigenvalue weighted by atomic mass is 9.93. The van der Waals surface area contributed by atoms with Crippen molar-refractivity contribution >= 4 is 10.0 Å². The molecule has 106 valence electrons. The van der Waals surface area contributed by atoms with Gasteiger partial charge in [0.05, 0.1) is 11.0 Å². The molecule has 0 bridgehead atoms. The van der Waals surface area contributed by atoms with E-state index >= 15 is 0 Å². The maximum atomic E-state index is 12.3. The maximum Gasteiger partial charge on any atom is 0.240 e. The third kappa shape index (κ3) is 3.78. The highest BCUT2D eigenvalue weighted by Crippen LogP contribution is 2.23. The minimum Gasteiger partial charge on any atom is -0.377 e. The lowest BCUT2D eigenvalue weighted by molar-refractivity contribution is 0.0184.